The molecule has 0 heterocycles. The molecule has 1 aromatic rings. The van der Waals surface area contributed by atoms with E-state index < -0.39 is 10.0 Å². The third kappa shape index (κ3) is 4.35. The van der Waals surface area contributed by atoms with E-state index >= 15 is 0 Å². The molecule has 1 atom stereocenters. The van der Waals surface area contributed by atoms with E-state index in [2.05, 4.69) is 0 Å². The highest BCUT2D eigenvalue weighted by Crippen LogP contribution is 2.28. The predicted octanol–water partition coefficient (Wildman–Crippen LogP) is 1.92. The Kier molecular flexibility index (Phi) is 6.99. The van der Waals surface area contributed by atoms with Gasteiger partial charge < -0.3 is 10.5 Å². The van der Waals surface area contributed by atoms with Crippen LogP contribution < -0.4 is 10.5 Å². The number of nitrogens with two attached hydrogens (primary N) is 1. The second-order valence-corrected chi connectivity index (χ2v) is 7.79. The van der Waals surface area contributed by atoms with Crippen LogP contribution in [0.2, 0.25) is 0 Å². The molecule has 0 bridgehead atoms. The van der Waals surface area contributed by atoms with Gasteiger partial charge in [0.15, 0.2) is 0 Å². The largest absolute Gasteiger partial charge is 0.495 e. The minimum atomic E-state index is -3.58. The third-order valence-corrected chi connectivity index (χ3v) is 6.14. The van der Waals surface area contributed by atoms with Gasteiger partial charge in [-0.1, -0.05) is 6.07 Å². The first kappa shape index (κ1) is 18.3. The second kappa shape index (κ2) is 8.03. The molecule has 2 N–H and O–H groups in total. The number of benzene rings is 1. The molecule has 0 spiro atoms. The van der Waals surface area contributed by atoms with Gasteiger partial charge in [-0.3, -0.25) is 0 Å². The zero-order valence-corrected chi connectivity index (χ0v) is 14.6. The number of ether oxygens (including phenoxy) is 1. The van der Waals surface area contributed by atoms with Crippen molar-refractivity contribution in [3.8, 4) is 5.75 Å². The van der Waals surface area contributed by atoms with Crippen LogP contribution in [0.15, 0.2) is 23.1 Å². The molecular weight excluding hydrogens is 308 g/mol. The summed E-state index contributed by atoms with van der Waals surface area (Å²) in [6.45, 7) is 2.26. The van der Waals surface area contributed by atoms with Crippen LogP contribution in [-0.2, 0) is 16.6 Å². The fraction of sp³-hybridized carbons (Fsp3) is 0.571. The van der Waals surface area contributed by atoms with E-state index in [1.165, 1.54) is 11.4 Å². The molecule has 0 aromatic heterocycles. The molecule has 0 aliphatic carbocycles. The molecule has 1 aromatic carbocycles. The number of hydrogen-bond acceptors (Lipinski definition) is 5. The minimum absolute atomic E-state index is 0.0682. The van der Waals surface area contributed by atoms with Gasteiger partial charge in [0.05, 0.1) is 7.11 Å². The molecule has 0 saturated carbocycles. The molecular formula is C14H24N2O3S2. The Morgan fingerprint density at radius 1 is 1.43 bits per heavy atom. The van der Waals surface area contributed by atoms with Crippen LogP contribution in [-0.4, -0.2) is 44.9 Å². The molecule has 0 aliphatic rings. The Morgan fingerprint density at radius 2 is 2.10 bits per heavy atom. The van der Waals surface area contributed by atoms with Crippen molar-refractivity contribution in [2.75, 3.05) is 26.2 Å². The SMILES string of the molecule is COc1cc(CN)ccc1S(=O)(=O)N(C)C(C)CCSC. The van der Waals surface area contributed by atoms with Gasteiger partial charge in [0, 0.05) is 19.6 Å². The molecule has 0 saturated heterocycles. The number of nitrogens with zero attached hydrogens (tertiary/aromatic N) is 1. The average Bonchev–Trinajstić information content (AvgIpc) is 2.50. The first-order chi connectivity index (χ1) is 9.88. The minimum Gasteiger partial charge on any atom is -0.495 e. The summed E-state index contributed by atoms with van der Waals surface area (Å²) in [5.74, 6) is 1.26. The zero-order chi connectivity index (χ0) is 16.0. The van der Waals surface area contributed by atoms with Crippen molar-refractivity contribution >= 4 is 21.8 Å². The van der Waals surface area contributed by atoms with E-state index in [1.807, 2.05) is 13.2 Å². The van der Waals surface area contributed by atoms with E-state index in [-0.39, 0.29) is 10.9 Å². The Morgan fingerprint density at radius 3 is 2.62 bits per heavy atom. The molecule has 120 valence electrons. The summed E-state index contributed by atoms with van der Waals surface area (Å²) < 4.78 is 32.1. The fourth-order valence-corrected chi connectivity index (χ4v) is 4.02. The molecule has 0 fully saturated rings. The van der Waals surface area contributed by atoms with Crippen LogP contribution in [0.25, 0.3) is 0 Å². The van der Waals surface area contributed by atoms with Gasteiger partial charge in [0.1, 0.15) is 10.6 Å². The van der Waals surface area contributed by atoms with Crippen LogP contribution in [0, 0.1) is 0 Å². The van der Waals surface area contributed by atoms with Crippen LogP contribution in [0.3, 0.4) is 0 Å². The topological polar surface area (TPSA) is 72.6 Å². The van der Waals surface area contributed by atoms with E-state index in [9.17, 15) is 8.42 Å². The van der Waals surface area contributed by atoms with Crippen molar-refractivity contribution in [3.05, 3.63) is 23.8 Å². The van der Waals surface area contributed by atoms with Gasteiger partial charge >= 0.3 is 0 Å². The maximum atomic E-state index is 12.7. The number of rotatable bonds is 8. The lowest BCUT2D eigenvalue weighted by atomic mass is 10.2. The van der Waals surface area contributed by atoms with Crippen LogP contribution in [0.5, 0.6) is 5.75 Å². The molecule has 7 heteroatoms. The third-order valence-electron chi connectivity index (χ3n) is 3.48. The predicted molar refractivity (Wildman–Crippen MR) is 88.3 cm³/mol. The maximum absolute atomic E-state index is 12.7. The number of methoxy groups -OCH3 is 1. The number of sulfonamides is 1. The summed E-state index contributed by atoms with van der Waals surface area (Å²) in [5.41, 5.74) is 6.41. The highest BCUT2D eigenvalue weighted by atomic mass is 32.2. The molecule has 1 rings (SSSR count). The van der Waals surface area contributed by atoms with E-state index in [1.54, 1.807) is 37.0 Å². The first-order valence-corrected chi connectivity index (χ1v) is 9.55. The highest BCUT2D eigenvalue weighted by molar-refractivity contribution is 7.98. The normalized spacial score (nSPS) is 13.4. The fourth-order valence-electron chi connectivity index (χ4n) is 1.91. The zero-order valence-electron chi connectivity index (χ0n) is 13.0. The smallest absolute Gasteiger partial charge is 0.246 e. The number of hydrogen-bond donors (Lipinski definition) is 1. The summed E-state index contributed by atoms with van der Waals surface area (Å²) in [5, 5.41) is 0. The highest BCUT2D eigenvalue weighted by Gasteiger charge is 2.28. The summed E-state index contributed by atoms with van der Waals surface area (Å²) >= 11 is 1.71. The molecule has 1 unspecified atom stereocenters. The van der Waals surface area contributed by atoms with E-state index in [0.29, 0.717) is 12.3 Å². The van der Waals surface area contributed by atoms with Crippen LogP contribution >= 0.6 is 11.8 Å². The lowest BCUT2D eigenvalue weighted by Gasteiger charge is -2.25. The standard InChI is InChI=1S/C14H24N2O3S2/c1-11(7-8-20-4)16(2)21(17,18)14-6-5-12(10-15)9-13(14)19-3/h5-6,9,11H,7-8,10,15H2,1-4H3. The summed E-state index contributed by atoms with van der Waals surface area (Å²) in [4.78, 5) is 0.181. The lowest BCUT2D eigenvalue weighted by molar-refractivity contribution is 0.372. The summed E-state index contributed by atoms with van der Waals surface area (Å²) in [7, 11) is -0.506. The molecule has 5 nitrogen and oxygen atoms in total. The van der Waals surface area contributed by atoms with Gasteiger partial charge in [-0.2, -0.15) is 16.1 Å². The van der Waals surface area contributed by atoms with Crippen LogP contribution in [0.4, 0.5) is 0 Å². The second-order valence-electron chi connectivity index (χ2n) is 4.84. The van der Waals surface area contributed by atoms with Crippen molar-refractivity contribution in [1.29, 1.82) is 0 Å². The average molecular weight is 332 g/mol. The van der Waals surface area contributed by atoms with Gasteiger partial charge in [0.2, 0.25) is 10.0 Å². The number of thioether (sulfide) groups is 1. The monoisotopic (exact) mass is 332 g/mol. The summed E-state index contributed by atoms with van der Waals surface area (Å²) in [6, 6.07) is 4.89. The van der Waals surface area contributed by atoms with Crippen molar-refractivity contribution in [1.82, 2.24) is 4.31 Å². The van der Waals surface area contributed by atoms with Gasteiger partial charge in [0.25, 0.3) is 0 Å². The quantitative estimate of drug-likeness (QED) is 0.787. The van der Waals surface area contributed by atoms with E-state index in [0.717, 1.165) is 17.7 Å². The Labute approximate surface area is 131 Å². The van der Waals surface area contributed by atoms with Crippen molar-refractivity contribution in [2.24, 2.45) is 5.73 Å². The first-order valence-electron chi connectivity index (χ1n) is 6.72. The maximum Gasteiger partial charge on any atom is 0.246 e. The molecule has 0 radical (unpaired) electrons. The molecule has 21 heavy (non-hydrogen) atoms. The van der Waals surface area contributed by atoms with Gasteiger partial charge in [-0.05, 0) is 43.0 Å². The summed E-state index contributed by atoms with van der Waals surface area (Å²) in [6.07, 6.45) is 2.82. The molecule has 0 aliphatic heterocycles. The molecule has 0 amide bonds. The van der Waals surface area contributed by atoms with Crippen LogP contribution in [0.1, 0.15) is 18.9 Å². The van der Waals surface area contributed by atoms with Gasteiger partial charge in [-0.15, -0.1) is 0 Å². The van der Waals surface area contributed by atoms with Crippen molar-refractivity contribution in [2.45, 2.75) is 30.8 Å². The Balaban J connectivity index is 3.12. The lowest BCUT2D eigenvalue weighted by Crippen LogP contribution is -2.35. The van der Waals surface area contributed by atoms with Crippen molar-refractivity contribution < 1.29 is 13.2 Å². The Hall–Kier alpha value is -0.760. The van der Waals surface area contributed by atoms with E-state index in [4.69, 9.17) is 10.5 Å². The van der Waals surface area contributed by atoms with Gasteiger partial charge in [-0.25, -0.2) is 8.42 Å². The Bertz CT molecular complexity index is 561. The van der Waals surface area contributed by atoms with Crippen molar-refractivity contribution in [3.63, 3.8) is 0 Å².